The van der Waals surface area contributed by atoms with Gasteiger partial charge in [0.2, 0.25) is 0 Å². The molecule has 0 aromatic carbocycles. The van der Waals surface area contributed by atoms with Gasteiger partial charge >= 0.3 is 7.60 Å². The number of rotatable bonds is 12. The van der Waals surface area contributed by atoms with Gasteiger partial charge in [0.25, 0.3) is 0 Å². The molecule has 0 aromatic rings. The first-order valence-electron chi connectivity index (χ1n) is 6.64. The van der Waals surface area contributed by atoms with Crippen LogP contribution >= 0.6 is 7.60 Å². The van der Waals surface area contributed by atoms with Gasteiger partial charge in [-0.3, -0.25) is 4.57 Å². The van der Waals surface area contributed by atoms with Crippen molar-refractivity contribution in [1.82, 2.24) is 0 Å². The lowest BCUT2D eigenvalue weighted by molar-refractivity contribution is 0.148. The first-order chi connectivity index (χ1) is 8.18. The van der Waals surface area contributed by atoms with Crippen LogP contribution in [-0.2, 0) is 18.3 Å². The molecular formula is C12H27O4P. The maximum Gasteiger partial charge on any atom is 0.332 e. The Bertz CT molecular complexity index is 175. The van der Waals surface area contributed by atoms with E-state index in [9.17, 15) is 4.57 Å². The van der Waals surface area contributed by atoms with Crippen molar-refractivity contribution in [1.29, 1.82) is 0 Å². The number of hydrogen-bond acceptors (Lipinski definition) is 4. The summed E-state index contributed by atoms with van der Waals surface area (Å²) in [5, 5.41) is 0. The van der Waals surface area contributed by atoms with E-state index < -0.39 is 7.60 Å². The molecule has 0 atom stereocenters. The minimum Gasteiger partial charge on any atom is -0.381 e. The lowest BCUT2D eigenvalue weighted by atomic mass is 10.4. The Morgan fingerprint density at radius 3 is 1.82 bits per heavy atom. The molecular weight excluding hydrogens is 239 g/mol. The first kappa shape index (κ1) is 17.1. The van der Waals surface area contributed by atoms with Crippen LogP contribution in [-0.4, -0.2) is 32.6 Å². The van der Waals surface area contributed by atoms with E-state index in [0.29, 0.717) is 32.6 Å². The van der Waals surface area contributed by atoms with Crippen LogP contribution in [0.25, 0.3) is 0 Å². The highest BCUT2D eigenvalue weighted by Gasteiger charge is 2.23. The predicted molar refractivity (Wildman–Crippen MR) is 70.7 cm³/mol. The summed E-state index contributed by atoms with van der Waals surface area (Å²) >= 11 is 0. The molecule has 0 aliphatic carbocycles. The van der Waals surface area contributed by atoms with Gasteiger partial charge in [-0.25, -0.2) is 0 Å². The Morgan fingerprint density at radius 1 is 0.882 bits per heavy atom. The van der Waals surface area contributed by atoms with E-state index in [1.54, 1.807) is 0 Å². The normalized spacial score (nSPS) is 11.9. The molecule has 0 rings (SSSR count). The summed E-state index contributed by atoms with van der Waals surface area (Å²) in [6.07, 6.45) is 4.24. The van der Waals surface area contributed by atoms with Gasteiger partial charge in [0.15, 0.2) is 0 Å². The summed E-state index contributed by atoms with van der Waals surface area (Å²) in [7, 11) is -2.93. The van der Waals surface area contributed by atoms with Crippen molar-refractivity contribution in [2.75, 3.05) is 32.6 Å². The van der Waals surface area contributed by atoms with Gasteiger partial charge in [-0.15, -0.1) is 0 Å². The lowest BCUT2D eigenvalue weighted by Gasteiger charge is -2.18. The minimum absolute atomic E-state index is 0.355. The second-order valence-corrected chi connectivity index (χ2v) is 6.09. The van der Waals surface area contributed by atoms with Crippen LogP contribution in [0, 0.1) is 0 Å². The van der Waals surface area contributed by atoms with Crippen molar-refractivity contribution in [2.24, 2.45) is 0 Å². The highest BCUT2D eigenvalue weighted by Crippen LogP contribution is 2.48. The highest BCUT2D eigenvalue weighted by atomic mass is 31.2. The van der Waals surface area contributed by atoms with Crippen LogP contribution in [0.2, 0.25) is 0 Å². The average Bonchev–Trinajstić information content (AvgIpc) is 2.30. The minimum atomic E-state index is -2.93. The zero-order valence-electron chi connectivity index (χ0n) is 11.4. The summed E-state index contributed by atoms with van der Waals surface area (Å²) < 4.78 is 28.4. The fourth-order valence-corrected chi connectivity index (χ4v) is 2.68. The van der Waals surface area contributed by atoms with Crippen molar-refractivity contribution in [3.05, 3.63) is 0 Å². The van der Waals surface area contributed by atoms with Crippen molar-refractivity contribution < 1.29 is 18.3 Å². The van der Waals surface area contributed by atoms with E-state index in [1.165, 1.54) is 0 Å². The monoisotopic (exact) mass is 266 g/mol. The first-order valence-corrected chi connectivity index (χ1v) is 8.37. The van der Waals surface area contributed by atoms with E-state index in [1.807, 2.05) is 6.92 Å². The predicted octanol–water partition coefficient (Wildman–Crippen LogP) is 3.85. The van der Waals surface area contributed by atoms with Gasteiger partial charge in [0.1, 0.15) is 0 Å². The number of hydrogen-bond donors (Lipinski definition) is 0. The molecule has 0 unspecified atom stereocenters. The molecule has 0 amide bonds. The molecule has 0 heterocycles. The van der Waals surface area contributed by atoms with Gasteiger partial charge in [-0.05, 0) is 19.8 Å². The molecule has 4 nitrogen and oxygen atoms in total. The van der Waals surface area contributed by atoms with Crippen LogP contribution in [0.1, 0.15) is 46.5 Å². The average molecular weight is 266 g/mol. The standard InChI is InChI=1S/C12H27O4P/c1-4-7-9-15-17(13,12-11-14-6-3)16-10-8-5-2/h4-12H2,1-3H3. The Labute approximate surface area is 106 Å². The third kappa shape index (κ3) is 9.78. The second-order valence-electron chi connectivity index (χ2n) is 3.90. The highest BCUT2D eigenvalue weighted by molar-refractivity contribution is 7.53. The van der Waals surface area contributed by atoms with Crippen LogP contribution in [0.5, 0.6) is 0 Å². The Balaban J connectivity index is 4.00. The van der Waals surface area contributed by atoms with Crippen molar-refractivity contribution in [3.8, 4) is 0 Å². The maximum atomic E-state index is 12.3. The molecule has 17 heavy (non-hydrogen) atoms. The fraction of sp³-hybridized carbons (Fsp3) is 1.00. The van der Waals surface area contributed by atoms with Crippen molar-refractivity contribution in [2.45, 2.75) is 46.5 Å². The van der Waals surface area contributed by atoms with Crippen LogP contribution in [0.4, 0.5) is 0 Å². The molecule has 0 spiro atoms. The van der Waals surface area contributed by atoms with Crippen LogP contribution in [0.15, 0.2) is 0 Å². The van der Waals surface area contributed by atoms with E-state index >= 15 is 0 Å². The fourth-order valence-electron chi connectivity index (χ4n) is 1.18. The Morgan fingerprint density at radius 2 is 1.41 bits per heavy atom. The van der Waals surface area contributed by atoms with E-state index in [4.69, 9.17) is 13.8 Å². The Kier molecular flexibility index (Phi) is 11.3. The van der Waals surface area contributed by atoms with Gasteiger partial charge in [-0.2, -0.15) is 0 Å². The Hall–Kier alpha value is 0.110. The lowest BCUT2D eigenvalue weighted by Crippen LogP contribution is -2.07. The smallest absolute Gasteiger partial charge is 0.332 e. The topological polar surface area (TPSA) is 44.8 Å². The summed E-state index contributed by atoms with van der Waals surface area (Å²) in [5.41, 5.74) is 0. The summed E-state index contributed by atoms with van der Waals surface area (Å²) in [4.78, 5) is 0. The molecule has 0 aliphatic heterocycles. The zero-order chi connectivity index (χ0) is 13.0. The number of unbranched alkanes of at least 4 members (excludes halogenated alkanes) is 2. The molecule has 0 aromatic heterocycles. The van der Waals surface area contributed by atoms with Gasteiger partial charge < -0.3 is 13.8 Å². The molecule has 0 fully saturated rings. The van der Waals surface area contributed by atoms with E-state index in [2.05, 4.69) is 13.8 Å². The molecule has 104 valence electrons. The summed E-state index contributed by atoms with van der Waals surface area (Å²) in [6.45, 7) is 8.15. The molecule has 5 heteroatoms. The van der Waals surface area contributed by atoms with Crippen molar-refractivity contribution in [3.63, 3.8) is 0 Å². The summed E-state index contributed by atoms with van der Waals surface area (Å²) in [5.74, 6) is 0. The molecule has 0 N–H and O–H groups in total. The van der Waals surface area contributed by atoms with Gasteiger partial charge in [-0.1, -0.05) is 26.7 Å². The molecule has 0 bridgehead atoms. The van der Waals surface area contributed by atoms with E-state index in [0.717, 1.165) is 25.7 Å². The molecule has 0 saturated carbocycles. The largest absolute Gasteiger partial charge is 0.381 e. The third-order valence-corrected chi connectivity index (χ3v) is 4.17. The molecule has 0 radical (unpaired) electrons. The van der Waals surface area contributed by atoms with E-state index in [-0.39, 0.29) is 0 Å². The van der Waals surface area contributed by atoms with Gasteiger partial charge in [0.05, 0.1) is 26.0 Å². The molecule has 0 aliphatic rings. The maximum absolute atomic E-state index is 12.3. The van der Waals surface area contributed by atoms with Crippen LogP contribution in [0.3, 0.4) is 0 Å². The van der Waals surface area contributed by atoms with Gasteiger partial charge in [0, 0.05) is 6.61 Å². The SMILES string of the molecule is CCCCOP(=O)(CCOCC)OCCCC. The quantitative estimate of drug-likeness (QED) is 0.397. The molecule has 0 saturated heterocycles. The second kappa shape index (κ2) is 11.2. The number of ether oxygens (including phenoxy) is 1. The van der Waals surface area contributed by atoms with Crippen molar-refractivity contribution >= 4 is 7.60 Å². The summed E-state index contributed by atoms with van der Waals surface area (Å²) in [6, 6.07) is 0. The third-order valence-electron chi connectivity index (χ3n) is 2.29. The van der Waals surface area contributed by atoms with Crippen LogP contribution < -0.4 is 0 Å². The zero-order valence-corrected chi connectivity index (χ0v) is 12.3.